The number of nitrogens with zero attached hydrogens (tertiary/aromatic N) is 3. The number of halogens is 1. The van der Waals surface area contributed by atoms with Crippen LogP contribution < -0.4 is 5.32 Å². The molecule has 2 heterocycles. The van der Waals surface area contributed by atoms with Crippen molar-refractivity contribution in [2.45, 2.75) is 0 Å². The number of rotatable bonds is 3. The van der Waals surface area contributed by atoms with Crippen molar-refractivity contribution in [2.75, 3.05) is 5.32 Å². The molecule has 0 saturated carbocycles. The molecule has 0 radical (unpaired) electrons. The van der Waals surface area contributed by atoms with Crippen LogP contribution in [0.2, 0.25) is 0 Å². The monoisotopic (exact) mass is 332 g/mol. The SMILES string of the molecule is O=C(O)c1ccc(Nc2nc3cccc(Br)n3n2)cc1. The fourth-order valence-corrected chi connectivity index (χ4v) is 2.17. The number of fused-ring (bicyclic) bond motifs is 1. The Morgan fingerprint density at radius 3 is 2.60 bits per heavy atom. The van der Waals surface area contributed by atoms with Crippen LogP contribution in [0.15, 0.2) is 47.1 Å². The zero-order valence-corrected chi connectivity index (χ0v) is 11.7. The predicted molar refractivity (Wildman–Crippen MR) is 77.4 cm³/mol. The van der Waals surface area contributed by atoms with Crippen molar-refractivity contribution in [1.82, 2.24) is 14.6 Å². The van der Waals surface area contributed by atoms with Crippen LogP contribution in [0.4, 0.5) is 11.6 Å². The van der Waals surface area contributed by atoms with Crippen LogP contribution in [0.25, 0.3) is 5.65 Å². The van der Waals surface area contributed by atoms with Crippen molar-refractivity contribution in [1.29, 1.82) is 0 Å². The lowest BCUT2D eigenvalue weighted by molar-refractivity contribution is 0.0697. The molecule has 3 aromatic rings. The van der Waals surface area contributed by atoms with E-state index in [0.717, 1.165) is 10.3 Å². The van der Waals surface area contributed by atoms with E-state index in [1.165, 1.54) is 12.1 Å². The number of aromatic nitrogens is 3. The number of anilines is 2. The maximum Gasteiger partial charge on any atom is 0.335 e. The number of carbonyl (C=O) groups is 1. The first kappa shape index (κ1) is 12.6. The minimum absolute atomic E-state index is 0.237. The Labute approximate surface area is 122 Å². The van der Waals surface area contributed by atoms with E-state index in [9.17, 15) is 4.79 Å². The number of pyridine rings is 1. The third-order valence-electron chi connectivity index (χ3n) is 2.70. The Morgan fingerprint density at radius 1 is 1.20 bits per heavy atom. The van der Waals surface area contributed by atoms with Crippen molar-refractivity contribution in [3.05, 3.63) is 52.6 Å². The summed E-state index contributed by atoms with van der Waals surface area (Å²) in [5, 5.41) is 16.2. The van der Waals surface area contributed by atoms with Crippen LogP contribution in [0.5, 0.6) is 0 Å². The number of aromatic carboxylic acids is 1. The lowest BCUT2D eigenvalue weighted by Gasteiger charge is -2.01. The lowest BCUT2D eigenvalue weighted by atomic mass is 10.2. The third kappa shape index (κ3) is 2.35. The van der Waals surface area contributed by atoms with Gasteiger partial charge < -0.3 is 10.4 Å². The third-order valence-corrected chi connectivity index (χ3v) is 3.30. The molecule has 0 atom stereocenters. The molecule has 7 heteroatoms. The summed E-state index contributed by atoms with van der Waals surface area (Å²) in [6.45, 7) is 0. The van der Waals surface area contributed by atoms with Gasteiger partial charge in [-0.2, -0.15) is 4.98 Å². The smallest absolute Gasteiger partial charge is 0.335 e. The number of hydrogen-bond acceptors (Lipinski definition) is 4. The fourth-order valence-electron chi connectivity index (χ4n) is 1.75. The fraction of sp³-hybridized carbons (Fsp3) is 0. The van der Waals surface area contributed by atoms with E-state index in [0.29, 0.717) is 11.6 Å². The first-order chi connectivity index (χ1) is 9.63. The van der Waals surface area contributed by atoms with E-state index in [1.54, 1.807) is 16.6 Å². The highest BCUT2D eigenvalue weighted by atomic mass is 79.9. The summed E-state index contributed by atoms with van der Waals surface area (Å²) >= 11 is 3.39. The Morgan fingerprint density at radius 2 is 1.95 bits per heavy atom. The second-order valence-electron chi connectivity index (χ2n) is 4.06. The predicted octanol–water partition coefficient (Wildman–Crippen LogP) is 2.93. The van der Waals surface area contributed by atoms with Gasteiger partial charge in [-0.25, -0.2) is 9.31 Å². The highest BCUT2D eigenvalue weighted by Crippen LogP contribution is 2.17. The molecule has 0 unspecified atom stereocenters. The summed E-state index contributed by atoms with van der Waals surface area (Å²) in [7, 11) is 0. The van der Waals surface area contributed by atoms with Gasteiger partial charge >= 0.3 is 5.97 Å². The Bertz CT molecular complexity index is 783. The number of nitrogens with one attached hydrogen (secondary N) is 1. The molecule has 20 heavy (non-hydrogen) atoms. The molecule has 0 aliphatic rings. The Kier molecular flexibility index (Phi) is 3.11. The van der Waals surface area contributed by atoms with Crippen LogP contribution in [0.1, 0.15) is 10.4 Å². The van der Waals surface area contributed by atoms with Gasteiger partial charge in [0.05, 0.1) is 5.56 Å². The van der Waals surface area contributed by atoms with Gasteiger partial charge in [0.1, 0.15) is 4.60 Å². The first-order valence-electron chi connectivity index (χ1n) is 5.75. The van der Waals surface area contributed by atoms with Crippen molar-refractivity contribution in [2.24, 2.45) is 0 Å². The maximum atomic E-state index is 10.8. The molecule has 6 nitrogen and oxygen atoms in total. The van der Waals surface area contributed by atoms with E-state index < -0.39 is 5.97 Å². The quantitative estimate of drug-likeness (QED) is 0.721. The summed E-state index contributed by atoms with van der Waals surface area (Å²) in [5.41, 5.74) is 1.67. The minimum atomic E-state index is -0.952. The number of hydrogen-bond donors (Lipinski definition) is 2. The molecule has 0 bridgehead atoms. The van der Waals surface area contributed by atoms with Gasteiger partial charge in [-0.3, -0.25) is 0 Å². The molecule has 0 aliphatic heterocycles. The van der Waals surface area contributed by atoms with Crippen LogP contribution in [-0.4, -0.2) is 25.7 Å². The normalized spacial score (nSPS) is 10.7. The van der Waals surface area contributed by atoms with E-state index in [-0.39, 0.29) is 5.56 Å². The van der Waals surface area contributed by atoms with Crippen LogP contribution in [-0.2, 0) is 0 Å². The van der Waals surface area contributed by atoms with Gasteiger partial charge in [0.2, 0.25) is 5.95 Å². The topological polar surface area (TPSA) is 79.5 Å². The summed E-state index contributed by atoms with van der Waals surface area (Å²) in [6, 6.07) is 12.0. The Balaban J connectivity index is 1.89. The molecule has 3 rings (SSSR count). The van der Waals surface area contributed by atoms with Crippen molar-refractivity contribution >= 4 is 39.2 Å². The number of carboxylic acid groups (broad SMARTS) is 1. The van der Waals surface area contributed by atoms with E-state index in [4.69, 9.17) is 5.11 Å². The highest BCUT2D eigenvalue weighted by molar-refractivity contribution is 9.10. The second-order valence-corrected chi connectivity index (χ2v) is 4.87. The first-order valence-corrected chi connectivity index (χ1v) is 6.54. The lowest BCUT2D eigenvalue weighted by Crippen LogP contribution is -1.97. The molecular formula is C13H9BrN4O2. The van der Waals surface area contributed by atoms with Crippen LogP contribution >= 0.6 is 15.9 Å². The Hall–Kier alpha value is -2.41. The molecule has 0 saturated heterocycles. The van der Waals surface area contributed by atoms with Gasteiger partial charge in [-0.1, -0.05) is 6.07 Å². The average molecular weight is 333 g/mol. The molecule has 1 aromatic carbocycles. The molecule has 2 aromatic heterocycles. The van der Waals surface area contributed by atoms with E-state index >= 15 is 0 Å². The maximum absolute atomic E-state index is 10.8. The largest absolute Gasteiger partial charge is 0.478 e. The summed E-state index contributed by atoms with van der Waals surface area (Å²) in [5.74, 6) is -0.508. The van der Waals surface area contributed by atoms with Gasteiger partial charge in [-0.15, -0.1) is 5.10 Å². The molecule has 0 spiro atoms. The van der Waals surface area contributed by atoms with E-state index in [1.807, 2.05) is 18.2 Å². The van der Waals surface area contributed by atoms with Crippen molar-refractivity contribution in [3.8, 4) is 0 Å². The molecule has 0 amide bonds. The molecule has 100 valence electrons. The second kappa shape index (κ2) is 4.93. The minimum Gasteiger partial charge on any atom is -0.478 e. The zero-order valence-electron chi connectivity index (χ0n) is 10.1. The molecule has 0 fully saturated rings. The molecular weight excluding hydrogens is 324 g/mol. The van der Waals surface area contributed by atoms with Gasteiger partial charge in [0.15, 0.2) is 5.65 Å². The van der Waals surface area contributed by atoms with Crippen molar-refractivity contribution < 1.29 is 9.90 Å². The summed E-state index contributed by atoms with van der Waals surface area (Å²) < 4.78 is 2.46. The van der Waals surface area contributed by atoms with Gasteiger partial charge in [-0.05, 0) is 52.3 Å². The van der Waals surface area contributed by atoms with Crippen molar-refractivity contribution in [3.63, 3.8) is 0 Å². The zero-order chi connectivity index (χ0) is 14.1. The summed E-state index contributed by atoms with van der Waals surface area (Å²) in [4.78, 5) is 15.1. The number of carboxylic acids is 1. The van der Waals surface area contributed by atoms with E-state index in [2.05, 4.69) is 31.3 Å². The molecule has 2 N–H and O–H groups in total. The average Bonchev–Trinajstić information content (AvgIpc) is 2.83. The standard InChI is InChI=1S/C13H9BrN4O2/c14-10-2-1-3-11-16-13(17-18(10)11)15-9-6-4-8(5-7-9)12(19)20/h1-7H,(H,15,17)(H,19,20). The van der Waals surface area contributed by atoms with Gasteiger partial charge in [0, 0.05) is 5.69 Å². The van der Waals surface area contributed by atoms with Gasteiger partial charge in [0.25, 0.3) is 0 Å². The molecule has 0 aliphatic carbocycles. The number of benzene rings is 1. The van der Waals surface area contributed by atoms with Crippen LogP contribution in [0, 0.1) is 0 Å². The highest BCUT2D eigenvalue weighted by Gasteiger charge is 2.06. The summed E-state index contributed by atoms with van der Waals surface area (Å²) in [6.07, 6.45) is 0. The van der Waals surface area contributed by atoms with Crippen LogP contribution in [0.3, 0.4) is 0 Å².